The number of benzene rings is 1. The summed E-state index contributed by atoms with van der Waals surface area (Å²) >= 11 is 0. The Balaban J connectivity index is 0.00000106. The third kappa shape index (κ3) is 5.01. The van der Waals surface area contributed by atoms with Crippen molar-refractivity contribution in [1.82, 2.24) is 0 Å². The molecule has 1 aliphatic carbocycles. The number of aliphatic hydroxyl groups excluding tert-OH is 1. The third-order valence-electron chi connectivity index (χ3n) is 4.02. The molecule has 0 radical (unpaired) electrons. The average molecular weight is 290 g/mol. The third-order valence-corrected chi connectivity index (χ3v) is 4.02. The summed E-state index contributed by atoms with van der Waals surface area (Å²) in [6.45, 7) is 8.79. The number of Topliss-reactive ketones (excluding diaryl/α,β-unsaturated/α-hetero) is 1. The summed E-state index contributed by atoms with van der Waals surface area (Å²) in [5.74, 6) is 1.21. The molecule has 0 spiro atoms. The maximum Gasteiger partial charge on any atom is 0.132 e. The zero-order valence-corrected chi connectivity index (χ0v) is 12.9. The van der Waals surface area contributed by atoms with Crippen LogP contribution in [-0.2, 0) is 11.2 Å². The molecular formula is C18H26O3. The standard InChI is InChI=1S/C16H22O3.C2H4/c1-2-19-15-5-3-13(4-6-15)11-16(12-17)9-7-14(18)8-10-16;1-2/h3-6,17H,2,7-12H2,1H3;1-2H2. The van der Waals surface area contributed by atoms with Crippen LogP contribution >= 0.6 is 0 Å². The van der Waals surface area contributed by atoms with Gasteiger partial charge in [0.05, 0.1) is 6.61 Å². The molecule has 0 amide bonds. The molecule has 1 aromatic carbocycles. The summed E-state index contributed by atoms with van der Waals surface area (Å²) in [6, 6.07) is 8.05. The minimum Gasteiger partial charge on any atom is -0.494 e. The lowest BCUT2D eigenvalue weighted by Crippen LogP contribution is -2.33. The van der Waals surface area contributed by atoms with Gasteiger partial charge < -0.3 is 9.84 Å². The van der Waals surface area contributed by atoms with Crippen molar-refractivity contribution in [3.05, 3.63) is 43.0 Å². The summed E-state index contributed by atoms with van der Waals surface area (Å²) in [5, 5.41) is 9.69. The maximum absolute atomic E-state index is 11.3. The van der Waals surface area contributed by atoms with Crippen LogP contribution < -0.4 is 4.74 Å². The van der Waals surface area contributed by atoms with Crippen molar-refractivity contribution in [3.8, 4) is 5.75 Å². The lowest BCUT2D eigenvalue weighted by molar-refractivity contribution is -0.123. The van der Waals surface area contributed by atoms with Gasteiger partial charge in [-0.15, -0.1) is 13.2 Å². The van der Waals surface area contributed by atoms with Gasteiger partial charge in [-0.25, -0.2) is 0 Å². The van der Waals surface area contributed by atoms with E-state index in [4.69, 9.17) is 4.74 Å². The van der Waals surface area contributed by atoms with Crippen LogP contribution in [0.1, 0.15) is 38.2 Å². The molecule has 3 nitrogen and oxygen atoms in total. The van der Waals surface area contributed by atoms with Gasteiger partial charge in [0.2, 0.25) is 0 Å². The van der Waals surface area contributed by atoms with Gasteiger partial charge in [-0.05, 0) is 49.3 Å². The van der Waals surface area contributed by atoms with Crippen molar-refractivity contribution in [2.24, 2.45) is 5.41 Å². The molecule has 0 saturated heterocycles. The Hall–Kier alpha value is -1.61. The predicted molar refractivity (Wildman–Crippen MR) is 85.6 cm³/mol. The highest BCUT2D eigenvalue weighted by Crippen LogP contribution is 2.37. The SMILES string of the molecule is C=C.CCOc1ccc(CC2(CO)CCC(=O)CC2)cc1. The fourth-order valence-electron chi connectivity index (χ4n) is 2.75. The number of ketones is 1. The Morgan fingerprint density at radius 1 is 1.19 bits per heavy atom. The Kier molecular flexibility index (Phi) is 7.17. The van der Waals surface area contributed by atoms with Crippen molar-refractivity contribution in [2.45, 2.75) is 39.0 Å². The second-order valence-electron chi connectivity index (χ2n) is 5.45. The smallest absolute Gasteiger partial charge is 0.132 e. The van der Waals surface area contributed by atoms with E-state index >= 15 is 0 Å². The molecule has 0 heterocycles. The van der Waals surface area contributed by atoms with E-state index in [0.29, 0.717) is 25.2 Å². The molecule has 1 saturated carbocycles. The van der Waals surface area contributed by atoms with Crippen LogP contribution in [0.5, 0.6) is 5.75 Å². The summed E-state index contributed by atoms with van der Waals surface area (Å²) in [7, 11) is 0. The molecule has 116 valence electrons. The van der Waals surface area contributed by atoms with E-state index in [0.717, 1.165) is 25.0 Å². The highest BCUT2D eigenvalue weighted by Gasteiger charge is 2.34. The molecule has 2 rings (SSSR count). The molecule has 0 unspecified atom stereocenters. The molecule has 0 atom stereocenters. The molecular weight excluding hydrogens is 264 g/mol. The first-order valence-electron chi connectivity index (χ1n) is 7.52. The molecule has 21 heavy (non-hydrogen) atoms. The Morgan fingerprint density at radius 3 is 2.24 bits per heavy atom. The van der Waals surface area contributed by atoms with E-state index in [9.17, 15) is 9.90 Å². The fraction of sp³-hybridized carbons (Fsp3) is 0.500. The highest BCUT2D eigenvalue weighted by atomic mass is 16.5. The fourth-order valence-corrected chi connectivity index (χ4v) is 2.75. The van der Waals surface area contributed by atoms with Crippen LogP contribution in [0.2, 0.25) is 0 Å². The van der Waals surface area contributed by atoms with E-state index in [1.165, 1.54) is 5.56 Å². The highest BCUT2D eigenvalue weighted by molar-refractivity contribution is 5.79. The zero-order chi connectivity index (χ0) is 15.7. The molecule has 1 fully saturated rings. The molecule has 0 bridgehead atoms. The summed E-state index contributed by atoms with van der Waals surface area (Å²) in [6.07, 6.45) is 3.66. The average Bonchev–Trinajstić information content (AvgIpc) is 2.54. The maximum atomic E-state index is 11.3. The van der Waals surface area contributed by atoms with E-state index in [1.54, 1.807) is 0 Å². The van der Waals surface area contributed by atoms with Crippen LogP contribution in [0, 0.1) is 5.41 Å². The van der Waals surface area contributed by atoms with Gasteiger partial charge in [-0.3, -0.25) is 4.79 Å². The Morgan fingerprint density at radius 2 is 1.76 bits per heavy atom. The quantitative estimate of drug-likeness (QED) is 0.844. The number of carbonyl (C=O) groups is 1. The first-order valence-corrected chi connectivity index (χ1v) is 7.52. The zero-order valence-electron chi connectivity index (χ0n) is 12.9. The number of hydrogen-bond acceptors (Lipinski definition) is 3. The van der Waals surface area contributed by atoms with Crippen LogP contribution in [-0.4, -0.2) is 24.1 Å². The molecule has 1 aliphatic rings. The largest absolute Gasteiger partial charge is 0.494 e. The molecule has 0 aliphatic heterocycles. The number of ether oxygens (including phenoxy) is 1. The van der Waals surface area contributed by atoms with Crippen LogP contribution in [0.4, 0.5) is 0 Å². The molecule has 0 aromatic heterocycles. The van der Waals surface area contributed by atoms with Gasteiger partial charge in [0.25, 0.3) is 0 Å². The van der Waals surface area contributed by atoms with Gasteiger partial charge in [-0.1, -0.05) is 12.1 Å². The second-order valence-corrected chi connectivity index (χ2v) is 5.45. The lowest BCUT2D eigenvalue weighted by Gasteiger charge is -2.35. The van der Waals surface area contributed by atoms with Gasteiger partial charge in [0, 0.05) is 19.4 Å². The molecule has 1 aromatic rings. The van der Waals surface area contributed by atoms with Gasteiger partial charge in [0.1, 0.15) is 11.5 Å². The lowest BCUT2D eigenvalue weighted by atomic mass is 9.70. The molecule has 1 N–H and O–H groups in total. The van der Waals surface area contributed by atoms with Crippen LogP contribution in [0.15, 0.2) is 37.4 Å². The first kappa shape index (κ1) is 17.4. The van der Waals surface area contributed by atoms with Crippen molar-refractivity contribution < 1.29 is 14.6 Å². The minimum absolute atomic E-state index is 0.110. The van der Waals surface area contributed by atoms with Crippen molar-refractivity contribution in [2.75, 3.05) is 13.2 Å². The van der Waals surface area contributed by atoms with Crippen LogP contribution in [0.3, 0.4) is 0 Å². The van der Waals surface area contributed by atoms with Crippen LogP contribution in [0.25, 0.3) is 0 Å². The van der Waals surface area contributed by atoms with Crippen molar-refractivity contribution in [1.29, 1.82) is 0 Å². The number of aliphatic hydroxyl groups is 1. The monoisotopic (exact) mass is 290 g/mol. The van der Waals surface area contributed by atoms with Gasteiger partial charge in [0.15, 0.2) is 0 Å². The number of carbonyl (C=O) groups excluding carboxylic acids is 1. The number of rotatable bonds is 5. The van der Waals surface area contributed by atoms with E-state index in [-0.39, 0.29) is 12.0 Å². The summed E-state index contributed by atoms with van der Waals surface area (Å²) in [5.41, 5.74) is 1.09. The van der Waals surface area contributed by atoms with E-state index in [1.807, 2.05) is 19.1 Å². The number of hydrogen-bond donors (Lipinski definition) is 1. The second kappa shape index (κ2) is 8.63. The Labute approximate surface area is 127 Å². The van der Waals surface area contributed by atoms with Gasteiger partial charge in [-0.2, -0.15) is 0 Å². The summed E-state index contributed by atoms with van der Waals surface area (Å²) < 4.78 is 5.42. The summed E-state index contributed by atoms with van der Waals surface area (Å²) in [4.78, 5) is 11.3. The Bertz CT molecular complexity index is 426. The topological polar surface area (TPSA) is 46.5 Å². The van der Waals surface area contributed by atoms with E-state index < -0.39 is 0 Å². The minimum atomic E-state index is -0.110. The molecule has 3 heteroatoms. The van der Waals surface area contributed by atoms with Crippen molar-refractivity contribution in [3.63, 3.8) is 0 Å². The normalized spacial score (nSPS) is 16.8. The van der Waals surface area contributed by atoms with Gasteiger partial charge >= 0.3 is 0 Å². The predicted octanol–water partition coefficient (Wildman–Crippen LogP) is 3.55. The van der Waals surface area contributed by atoms with E-state index in [2.05, 4.69) is 25.3 Å². The first-order chi connectivity index (χ1) is 10.2. The van der Waals surface area contributed by atoms with Crippen molar-refractivity contribution >= 4 is 5.78 Å².